The number of morpholine rings is 1. The molecule has 1 unspecified atom stereocenters. The maximum Gasteiger partial charge on any atom is 0.306 e. The fraction of sp³-hybridized carbons (Fsp3) is 0.500. The Hall–Kier alpha value is -1.55. The van der Waals surface area contributed by atoms with E-state index in [2.05, 4.69) is 36.9 Å². The molecule has 1 N–H and O–H groups in total. The third kappa shape index (κ3) is 3.01. The molecule has 1 heterocycles. The Bertz CT molecular complexity index is 445. The molecule has 18 heavy (non-hydrogen) atoms. The Labute approximate surface area is 107 Å². The van der Waals surface area contributed by atoms with Crippen molar-refractivity contribution in [3.05, 3.63) is 29.3 Å². The molecule has 4 nitrogen and oxygen atoms in total. The predicted molar refractivity (Wildman–Crippen MR) is 70.1 cm³/mol. The summed E-state index contributed by atoms with van der Waals surface area (Å²) in [7, 11) is 0. The number of anilines is 1. The van der Waals surface area contributed by atoms with Gasteiger partial charge in [-0.3, -0.25) is 4.79 Å². The van der Waals surface area contributed by atoms with E-state index in [1.54, 1.807) is 0 Å². The summed E-state index contributed by atoms with van der Waals surface area (Å²) in [5.74, 6) is -0.804. The van der Waals surface area contributed by atoms with Crippen LogP contribution in [-0.4, -0.2) is 36.9 Å². The van der Waals surface area contributed by atoms with Crippen molar-refractivity contribution in [3.8, 4) is 0 Å². The van der Waals surface area contributed by atoms with Gasteiger partial charge in [-0.15, -0.1) is 0 Å². The van der Waals surface area contributed by atoms with Gasteiger partial charge in [0.15, 0.2) is 0 Å². The maximum atomic E-state index is 10.7. The van der Waals surface area contributed by atoms with Crippen LogP contribution < -0.4 is 4.90 Å². The number of ether oxygens (including phenoxy) is 1. The molecule has 1 aliphatic rings. The molecular formula is C14H19NO3. The topological polar surface area (TPSA) is 49.8 Å². The molecule has 0 aliphatic carbocycles. The van der Waals surface area contributed by atoms with Gasteiger partial charge < -0.3 is 14.7 Å². The molecule has 0 radical (unpaired) electrons. The average molecular weight is 249 g/mol. The van der Waals surface area contributed by atoms with Gasteiger partial charge in [0.2, 0.25) is 0 Å². The SMILES string of the molecule is Cc1ccc(N2CCOC(CC(=O)O)C2)cc1C. The zero-order chi connectivity index (χ0) is 13.1. The summed E-state index contributed by atoms with van der Waals surface area (Å²) in [5.41, 5.74) is 3.68. The van der Waals surface area contributed by atoms with Crippen molar-refractivity contribution >= 4 is 11.7 Å². The van der Waals surface area contributed by atoms with Gasteiger partial charge in [-0.25, -0.2) is 0 Å². The zero-order valence-electron chi connectivity index (χ0n) is 10.8. The lowest BCUT2D eigenvalue weighted by atomic mass is 10.1. The summed E-state index contributed by atoms with van der Waals surface area (Å²) in [6.07, 6.45) is -0.140. The van der Waals surface area contributed by atoms with E-state index in [-0.39, 0.29) is 12.5 Å². The fourth-order valence-corrected chi connectivity index (χ4v) is 2.19. The van der Waals surface area contributed by atoms with Crippen LogP contribution in [-0.2, 0) is 9.53 Å². The highest BCUT2D eigenvalue weighted by Gasteiger charge is 2.22. The predicted octanol–water partition coefficient (Wildman–Crippen LogP) is 1.98. The number of rotatable bonds is 3. The highest BCUT2D eigenvalue weighted by Crippen LogP contribution is 2.21. The monoisotopic (exact) mass is 249 g/mol. The standard InChI is InChI=1S/C14H19NO3/c1-10-3-4-12(7-11(10)2)15-5-6-18-13(9-15)8-14(16)17/h3-4,7,13H,5-6,8-9H2,1-2H3,(H,16,17). The third-order valence-corrected chi connectivity index (χ3v) is 3.40. The molecule has 2 rings (SSSR count). The van der Waals surface area contributed by atoms with Crippen molar-refractivity contribution in [2.45, 2.75) is 26.4 Å². The zero-order valence-corrected chi connectivity index (χ0v) is 10.8. The molecule has 1 aliphatic heterocycles. The van der Waals surface area contributed by atoms with Crippen LogP contribution >= 0.6 is 0 Å². The highest BCUT2D eigenvalue weighted by atomic mass is 16.5. The summed E-state index contributed by atoms with van der Waals surface area (Å²) < 4.78 is 5.47. The molecule has 1 aromatic carbocycles. The van der Waals surface area contributed by atoms with Crippen LogP contribution in [0.25, 0.3) is 0 Å². The summed E-state index contributed by atoms with van der Waals surface area (Å²) >= 11 is 0. The van der Waals surface area contributed by atoms with Gasteiger partial charge in [0.1, 0.15) is 0 Å². The molecular weight excluding hydrogens is 230 g/mol. The number of hydrogen-bond acceptors (Lipinski definition) is 3. The minimum absolute atomic E-state index is 0.0708. The first-order chi connectivity index (χ1) is 8.56. The highest BCUT2D eigenvalue weighted by molar-refractivity contribution is 5.67. The number of aryl methyl sites for hydroxylation is 2. The molecule has 1 fully saturated rings. The molecule has 0 spiro atoms. The maximum absolute atomic E-state index is 10.7. The lowest BCUT2D eigenvalue weighted by Crippen LogP contribution is -2.43. The molecule has 4 heteroatoms. The van der Waals surface area contributed by atoms with Gasteiger partial charge in [0.05, 0.1) is 19.1 Å². The number of benzene rings is 1. The number of nitrogens with zero attached hydrogens (tertiary/aromatic N) is 1. The molecule has 0 aromatic heterocycles. The Morgan fingerprint density at radius 3 is 2.89 bits per heavy atom. The molecule has 1 atom stereocenters. The van der Waals surface area contributed by atoms with Crippen LogP contribution in [0.4, 0.5) is 5.69 Å². The number of carbonyl (C=O) groups is 1. The van der Waals surface area contributed by atoms with Gasteiger partial charge in [0.25, 0.3) is 0 Å². The first-order valence-corrected chi connectivity index (χ1v) is 6.22. The van der Waals surface area contributed by atoms with Crippen molar-refractivity contribution in [2.24, 2.45) is 0 Å². The number of carboxylic acids is 1. The van der Waals surface area contributed by atoms with Gasteiger partial charge in [-0.1, -0.05) is 6.07 Å². The Morgan fingerprint density at radius 2 is 2.22 bits per heavy atom. The fourth-order valence-electron chi connectivity index (χ4n) is 2.19. The van der Waals surface area contributed by atoms with Crippen LogP contribution in [0.5, 0.6) is 0 Å². The van der Waals surface area contributed by atoms with Gasteiger partial charge in [0, 0.05) is 18.8 Å². The van der Waals surface area contributed by atoms with Crippen LogP contribution in [0.3, 0.4) is 0 Å². The summed E-state index contributed by atoms with van der Waals surface area (Å²) in [6, 6.07) is 6.34. The van der Waals surface area contributed by atoms with Crippen molar-refractivity contribution in [1.82, 2.24) is 0 Å². The molecule has 1 saturated heterocycles. The van der Waals surface area contributed by atoms with E-state index >= 15 is 0 Å². The molecule has 0 amide bonds. The van der Waals surface area contributed by atoms with Crippen molar-refractivity contribution in [1.29, 1.82) is 0 Å². The van der Waals surface area contributed by atoms with Crippen LogP contribution in [0.15, 0.2) is 18.2 Å². The van der Waals surface area contributed by atoms with Crippen LogP contribution in [0.1, 0.15) is 17.5 Å². The second-order valence-corrected chi connectivity index (χ2v) is 4.81. The van der Waals surface area contributed by atoms with Crippen LogP contribution in [0, 0.1) is 13.8 Å². The lowest BCUT2D eigenvalue weighted by molar-refractivity contribution is -0.140. The number of carboxylic acid groups (broad SMARTS) is 1. The van der Waals surface area contributed by atoms with E-state index in [1.807, 2.05) is 0 Å². The minimum Gasteiger partial charge on any atom is -0.481 e. The largest absolute Gasteiger partial charge is 0.481 e. The average Bonchev–Trinajstić information content (AvgIpc) is 2.32. The first kappa shape index (κ1) is 12.9. The summed E-state index contributed by atoms with van der Waals surface area (Å²) in [6.45, 7) is 6.23. The molecule has 1 aromatic rings. The second-order valence-electron chi connectivity index (χ2n) is 4.81. The van der Waals surface area contributed by atoms with Gasteiger partial charge in [-0.05, 0) is 37.1 Å². The van der Waals surface area contributed by atoms with Crippen molar-refractivity contribution in [3.63, 3.8) is 0 Å². The Morgan fingerprint density at radius 1 is 1.44 bits per heavy atom. The van der Waals surface area contributed by atoms with E-state index in [1.165, 1.54) is 11.1 Å². The Balaban J connectivity index is 2.08. The van der Waals surface area contributed by atoms with Crippen molar-refractivity contribution < 1.29 is 14.6 Å². The van der Waals surface area contributed by atoms with E-state index in [0.29, 0.717) is 13.2 Å². The third-order valence-electron chi connectivity index (χ3n) is 3.40. The number of hydrogen-bond donors (Lipinski definition) is 1. The van der Waals surface area contributed by atoms with Crippen molar-refractivity contribution in [2.75, 3.05) is 24.6 Å². The first-order valence-electron chi connectivity index (χ1n) is 6.22. The van der Waals surface area contributed by atoms with E-state index in [0.717, 1.165) is 12.2 Å². The Kier molecular flexibility index (Phi) is 3.87. The smallest absolute Gasteiger partial charge is 0.306 e. The number of aliphatic carboxylic acids is 1. The lowest BCUT2D eigenvalue weighted by Gasteiger charge is -2.34. The molecule has 0 bridgehead atoms. The van der Waals surface area contributed by atoms with E-state index < -0.39 is 5.97 Å². The normalized spacial score (nSPS) is 19.9. The van der Waals surface area contributed by atoms with E-state index in [4.69, 9.17) is 9.84 Å². The minimum atomic E-state index is -0.804. The van der Waals surface area contributed by atoms with Gasteiger partial charge in [-0.2, -0.15) is 0 Å². The molecule has 0 saturated carbocycles. The van der Waals surface area contributed by atoms with Gasteiger partial charge >= 0.3 is 5.97 Å². The molecule has 98 valence electrons. The van der Waals surface area contributed by atoms with E-state index in [9.17, 15) is 4.79 Å². The summed E-state index contributed by atoms with van der Waals surface area (Å²) in [4.78, 5) is 12.9. The van der Waals surface area contributed by atoms with Crippen LogP contribution in [0.2, 0.25) is 0 Å². The summed E-state index contributed by atoms with van der Waals surface area (Å²) in [5, 5.41) is 8.80. The second kappa shape index (κ2) is 5.40. The quantitative estimate of drug-likeness (QED) is 0.890.